The molecule has 0 spiro atoms. The second kappa shape index (κ2) is 9.22. The van der Waals surface area contributed by atoms with E-state index in [2.05, 4.69) is 17.0 Å². The molecule has 148 valence electrons. The molecule has 0 aromatic heterocycles. The number of likely N-dealkylation sites (tertiary alicyclic amines) is 2. The zero-order valence-electron chi connectivity index (χ0n) is 16.4. The summed E-state index contributed by atoms with van der Waals surface area (Å²) in [6.45, 7) is 4.89. The molecule has 0 aliphatic carbocycles. The van der Waals surface area contributed by atoms with Crippen molar-refractivity contribution in [2.75, 3.05) is 39.9 Å². The predicted molar refractivity (Wildman–Crippen MR) is 102 cm³/mol. The van der Waals surface area contributed by atoms with Gasteiger partial charge in [0.1, 0.15) is 5.75 Å². The molecule has 6 heteroatoms. The number of hydrogen-bond acceptors (Lipinski definition) is 5. The molecule has 27 heavy (non-hydrogen) atoms. The first-order chi connectivity index (χ1) is 13.1. The van der Waals surface area contributed by atoms with Gasteiger partial charge in [-0.3, -0.25) is 14.5 Å². The van der Waals surface area contributed by atoms with E-state index < -0.39 is 0 Å². The lowest BCUT2D eigenvalue weighted by Crippen LogP contribution is -2.45. The molecule has 2 fully saturated rings. The van der Waals surface area contributed by atoms with Crippen LogP contribution in [0.3, 0.4) is 0 Å². The Kier molecular flexibility index (Phi) is 6.72. The molecule has 0 saturated carbocycles. The Labute approximate surface area is 161 Å². The van der Waals surface area contributed by atoms with Crippen molar-refractivity contribution in [3.63, 3.8) is 0 Å². The monoisotopic (exact) mass is 374 g/mol. The maximum absolute atomic E-state index is 12.8. The van der Waals surface area contributed by atoms with Gasteiger partial charge in [0, 0.05) is 19.1 Å². The lowest BCUT2D eigenvalue weighted by Gasteiger charge is -2.33. The third-order valence-corrected chi connectivity index (χ3v) is 5.65. The fourth-order valence-corrected chi connectivity index (χ4v) is 4.14. The molecular weight excluding hydrogens is 344 g/mol. The first kappa shape index (κ1) is 19.7. The number of benzene rings is 1. The minimum Gasteiger partial charge on any atom is -0.497 e. The van der Waals surface area contributed by atoms with Crippen molar-refractivity contribution in [3.8, 4) is 5.75 Å². The van der Waals surface area contributed by atoms with Crippen LogP contribution in [0.2, 0.25) is 0 Å². The van der Waals surface area contributed by atoms with E-state index in [-0.39, 0.29) is 23.8 Å². The fraction of sp³-hybridized carbons (Fsp3) is 0.619. The Balaban J connectivity index is 1.55. The molecule has 1 atom stereocenters. The number of ether oxygens (including phenoxy) is 2. The second-order valence-electron chi connectivity index (χ2n) is 7.31. The molecule has 0 bridgehead atoms. The normalized spacial score (nSPS) is 21.3. The van der Waals surface area contributed by atoms with E-state index in [1.807, 2.05) is 24.0 Å². The molecule has 3 rings (SSSR count). The molecular formula is C21H30N2O4. The van der Waals surface area contributed by atoms with Gasteiger partial charge in [-0.2, -0.15) is 0 Å². The number of carbonyl (C=O) groups excluding carboxylic acids is 2. The van der Waals surface area contributed by atoms with Gasteiger partial charge in [-0.25, -0.2) is 0 Å². The van der Waals surface area contributed by atoms with Gasteiger partial charge >= 0.3 is 5.97 Å². The molecule has 2 aliphatic heterocycles. The van der Waals surface area contributed by atoms with Crippen LogP contribution in [0, 0.1) is 5.92 Å². The van der Waals surface area contributed by atoms with Crippen LogP contribution in [0.15, 0.2) is 24.3 Å². The molecule has 2 heterocycles. The number of rotatable bonds is 6. The molecule has 2 aliphatic rings. The highest BCUT2D eigenvalue weighted by Crippen LogP contribution is 2.33. The fourth-order valence-electron chi connectivity index (χ4n) is 4.14. The van der Waals surface area contributed by atoms with E-state index in [4.69, 9.17) is 9.47 Å². The summed E-state index contributed by atoms with van der Waals surface area (Å²) >= 11 is 0. The van der Waals surface area contributed by atoms with E-state index >= 15 is 0 Å². The third kappa shape index (κ3) is 4.80. The van der Waals surface area contributed by atoms with Crippen molar-refractivity contribution in [3.05, 3.63) is 29.8 Å². The molecule has 1 aromatic rings. The summed E-state index contributed by atoms with van der Waals surface area (Å²) in [7, 11) is 1.68. The lowest BCUT2D eigenvalue weighted by atomic mass is 9.97. The van der Waals surface area contributed by atoms with Crippen LogP contribution in [0.4, 0.5) is 0 Å². The van der Waals surface area contributed by atoms with Crippen LogP contribution < -0.4 is 4.74 Å². The third-order valence-electron chi connectivity index (χ3n) is 5.65. The number of nitrogens with zero attached hydrogens (tertiary/aromatic N) is 2. The van der Waals surface area contributed by atoms with Crippen molar-refractivity contribution in [1.29, 1.82) is 0 Å². The minimum atomic E-state index is -0.123. The Bertz CT molecular complexity index is 655. The van der Waals surface area contributed by atoms with E-state index in [0.717, 1.165) is 25.1 Å². The first-order valence-corrected chi connectivity index (χ1v) is 9.94. The largest absolute Gasteiger partial charge is 0.497 e. The lowest BCUT2D eigenvalue weighted by molar-refractivity contribution is -0.151. The molecule has 0 N–H and O–H groups in total. The maximum atomic E-state index is 12.8. The molecule has 0 radical (unpaired) electrons. The molecule has 1 aromatic carbocycles. The number of amides is 1. The summed E-state index contributed by atoms with van der Waals surface area (Å²) in [5.41, 5.74) is 1.21. The van der Waals surface area contributed by atoms with Crippen LogP contribution in [0.1, 0.15) is 44.2 Å². The zero-order chi connectivity index (χ0) is 19.2. The summed E-state index contributed by atoms with van der Waals surface area (Å²) in [6.07, 6.45) is 3.55. The first-order valence-electron chi connectivity index (χ1n) is 9.94. The van der Waals surface area contributed by atoms with Crippen molar-refractivity contribution < 1.29 is 19.1 Å². The van der Waals surface area contributed by atoms with Gasteiger partial charge in [0.25, 0.3) is 0 Å². The standard InChI is InChI=1S/C21H30N2O4/c1-3-27-21(25)16-9-12-22(13-10-16)20(24)15-23-11-5-8-19(23)17-6-4-7-18(14-17)26-2/h4,6-7,14,16,19H,3,5,8-13,15H2,1-2H3/t19-/m1/s1. The van der Waals surface area contributed by atoms with E-state index in [0.29, 0.717) is 39.1 Å². The van der Waals surface area contributed by atoms with E-state index in [9.17, 15) is 9.59 Å². The van der Waals surface area contributed by atoms with Gasteiger partial charge in [0.15, 0.2) is 0 Å². The maximum Gasteiger partial charge on any atom is 0.309 e. The summed E-state index contributed by atoms with van der Waals surface area (Å²) in [4.78, 5) is 28.8. The van der Waals surface area contributed by atoms with Crippen molar-refractivity contribution in [2.24, 2.45) is 5.92 Å². The molecule has 2 saturated heterocycles. The van der Waals surface area contributed by atoms with Gasteiger partial charge in [-0.15, -0.1) is 0 Å². The highest BCUT2D eigenvalue weighted by Gasteiger charge is 2.32. The highest BCUT2D eigenvalue weighted by molar-refractivity contribution is 5.79. The van der Waals surface area contributed by atoms with Crippen LogP contribution >= 0.6 is 0 Å². The highest BCUT2D eigenvalue weighted by atomic mass is 16.5. The average molecular weight is 374 g/mol. The van der Waals surface area contributed by atoms with Crippen molar-refractivity contribution in [1.82, 2.24) is 9.80 Å². The topological polar surface area (TPSA) is 59.1 Å². The number of methoxy groups -OCH3 is 1. The zero-order valence-corrected chi connectivity index (χ0v) is 16.4. The SMILES string of the molecule is CCOC(=O)C1CCN(C(=O)CN2CCC[C@@H]2c2cccc(OC)c2)CC1. The Morgan fingerprint density at radius 2 is 1.93 bits per heavy atom. The van der Waals surface area contributed by atoms with Gasteiger partial charge in [0.05, 0.1) is 26.2 Å². The van der Waals surface area contributed by atoms with Gasteiger partial charge in [0.2, 0.25) is 5.91 Å². The Morgan fingerprint density at radius 1 is 1.15 bits per heavy atom. The second-order valence-corrected chi connectivity index (χ2v) is 7.31. The Morgan fingerprint density at radius 3 is 2.63 bits per heavy atom. The van der Waals surface area contributed by atoms with Crippen molar-refractivity contribution in [2.45, 2.75) is 38.6 Å². The average Bonchev–Trinajstić information content (AvgIpc) is 3.16. The summed E-state index contributed by atoms with van der Waals surface area (Å²) in [6, 6.07) is 8.40. The van der Waals surface area contributed by atoms with Crippen LogP contribution in [-0.2, 0) is 14.3 Å². The molecule has 6 nitrogen and oxygen atoms in total. The number of hydrogen-bond donors (Lipinski definition) is 0. The smallest absolute Gasteiger partial charge is 0.309 e. The van der Waals surface area contributed by atoms with Crippen LogP contribution in [0.5, 0.6) is 5.75 Å². The van der Waals surface area contributed by atoms with E-state index in [1.54, 1.807) is 7.11 Å². The summed E-state index contributed by atoms with van der Waals surface area (Å²) in [5, 5.41) is 0. The molecule has 0 unspecified atom stereocenters. The van der Waals surface area contributed by atoms with Gasteiger partial charge in [-0.05, 0) is 56.8 Å². The minimum absolute atomic E-state index is 0.0645. The summed E-state index contributed by atoms with van der Waals surface area (Å²) < 4.78 is 10.4. The molecule has 1 amide bonds. The van der Waals surface area contributed by atoms with Gasteiger partial charge < -0.3 is 14.4 Å². The number of esters is 1. The van der Waals surface area contributed by atoms with E-state index in [1.165, 1.54) is 5.56 Å². The predicted octanol–water partition coefficient (Wildman–Crippen LogP) is 2.63. The van der Waals surface area contributed by atoms with Crippen LogP contribution in [-0.4, -0.2) is 61.6 Å². The number of piperidine rings is 1. The Hall–Kier alpha value is -2.08. The summed E-state index contributed by atoms with van der Waals surface area (Å²) in [5.74, 6) is 0.825. The number of carbonyl (C=O) groups is 2. The van der Waals surface area contributed by atoms with Crippen molar-refractivity contribution >= 4 is 11.9 Å². The van der Waals surface area contributed by atoms with Gasteiger partial charge in [-0.1, -0.05) is 12.1 Å². The van der Waals surface area contributed by atoms with Crippen LogP contribution in [0.25, 0.3) is 0 Å². The quantitative estimate of drug-likeness (QED) is 0.717.